The van der Waals surface area contributed by atoms with E-state index in [1.165, 1.54) is 11.3 Å². The molecule has 0 fully saturated rings. The second-order valence-electron chi connectivity index (χ2n) is 2.48. The van der Waals surface area contributed by atoms with Crippen molar-refractivity contribution < 1.29 is 5.11 Å². The summed E-state index contributed by atoms with van der Waals surface area (Å²) in [6.07, 6.45) is 7.42. The summed E-state index contributed by atoms with van der Waals surface area (Å²) in [5.74, 6) is 0.120. The Kier molecular flexibility index (Phi) is 1.84. The van der Waals surface area contributed by atoms with Crippen molar-refractivity contribution in [2.75, 3.05) is 0 Å². The van der Waals surface area contributed by atoms with Gasteiger partial charge in [0.1, 0.15) is 0 Å². The Hall–Kier alpha value is -1.28. The Morgan fingerprint density at radius 2 is 2.00 bits per heavy atom. The van der Waals surface area contributed by atoms with Crippen LogP contribution in [0.1, 0.15) is 4.88 Å². The molecule has 0 unspecified atom stereocenters. The zero-order valence-corrected chi connectivity index (χ0v) is 7.17. The van der Waals surface area contributed by atoms with E-state index in [1.807, 2.05) is 41.8 Å². The van der Waals surface area contributed by atoms with E-state index in [1.54, 1.807) is 0 Å². The predicted molar refractivity (Wildman–Crippen MR) is 49.5 cm³/mol. The van der Waals surface area contributed by atoms with Gasteiger partial charge in [0.2, 0.25) is 0 Å². The summed E-state index contributed by atoms with van der Waals surface area (Å²) in [4.78, 5) is 0.807. The van der Waals surface area contributed by atoms with E-state index in [2.05, 4.69) is 0 Å². The smallest absolute Gasteiger partial charge is 0.0197 e. The van der Waals surface area contributed by atoms with Gasteiger partial charge >= 0.3 is 0 Å². The molecule has 60 valence electrons. The van der Waals surface area contributed by atoms with Crippen molar-refractivity contribution in [3.8, 4) is 0 Å². The molecule has 0 saturated heterocycles. The summed E-state index contributed by atoms with van der Waals surface area (Å²) >= 11 is 1.48. The Labute approximate surface area is 75.0 Å². The highest BCUT2D eigenvalue weighted by molar-refractivity contribution is 7.11. The monoisotopic (exact) mass is 175 g/mol. The quantitative estimate of drug-likeness (QED) is 0.598. The Morgan fingerprint density at radius 1 is 1.25 bits per heavy atom. The fourth-order valence-corrected chi connectivity index (χ4v) is 1.76. The molecule has 2 rings (SSSR count). The van der Waals surface area contributed by atoms with Crippen LogP contribution in [0.4, 0.5) is 0 Å². The molecule has 12 heavy (non-hydrogen) atoms. The first kappa shape index (κ1) is 7.37. The van der Waals surface area contributed by atoms with Gasteiger partial charge in [-0.1, -0.05) is 36.1 Å². The fraction of sp³-hybridized carbons (Fsp3) is 0. The van der Waals surface area contributed by atoms with Crippen molar-refractivity contribution in [3.63, 3.8) is 0 Å². The Bertz CT molecular complexity index is 341. The van der Waals surface area contributed by atoms with Gasteiger partial charge in [-0.25, -0.2) is 0 Å². The molecule has 0 atom stereocenters. The van der Waals surface area contributed by atoms with Gasteiger partial charge in [-0.3, -0.25) is 0 Å². The first-order valence-corrected chi connectivity index (χ1v) is 4.56. The molecule has 1 aliphatic carbocycles. The minimum absolute atomic E-state index is 0.120. The van der Waals surface area contributed by atoms with Crippen LogP contribution in [-0.2, 0) is 0 Å². The maximum absolute atomic E-state index is 11.6. The van der Waals surface area contributed by atoms with E-state index in [0.29, 0.717) is 0 Å². The minimum atomic E-state index is 0.120. The van der Waals surface area contributed by atoms with Crippen molar-refractivity contribution in [3.05, 3.63) is 52.3 Å². The molecular formula is C10H7OS-. The molecule has 0 radical (unpaired) electrons. The van der Waals surface area contributed by atoms with Crippen LogP contribution in [-0.4, -0.2) is 0 Å². The van der Waals surface area contributed by atoms with Crippen LogP contribution in [0.3, 0.4) is 0 Å². The molecule has 0 aliphatic heterocycles. The van der Waals surface area contributed by atoms with E-state index >= 15 is 0 Å². The third-order valence-corrected chi connectivity index (χ3v) is 2.54. The van der Waals surface area contributed by atoms with E-state index in [4.69, 9.17) is 0 Å². The highest BCUT2D eigenvalue weighted by atomic mass is 32.1. The predicted octanol–water partition coefficient (Wildman–Crippen LogP) is 1.95. The molecule has 0 aromatic carbocycles. The lowest BCUT2D eigenvalue weighted by Gasteiger charge is -2.11. The zero-order valence-electron chi connectivity index (χ0n) is 6.36. The van der Waals surface area contributed by atoms with Crippen LogP contribution in [0.2, 0.25) is 0 Å². The standard InChI is InChI=1S/C10H8OS/c11-10(8-4-1-2-5-8)9-6-3-7-12-9/h1-7,11H/p-1. The third-order valence-electron chi connectivity index (χ3n) is 1.67. The summed E-state index contributed by atoms with van der Waals surface area (Å²) in [6, 6.07) is 3.74. The maximum Gasteiger partial charge on any atom is 0.0197 e. The van der Waals surface area contributed by atoms with Gasteiger partial charge in [-0.2, -0.15) is 0 Å². The maximum atomic E-state index is 11.6. The SMILES string of the molecule is [O-]C(=C1C=CC=C1)c1cccs1. The second kappa shape index (κ2) is 2.99. The highest BCUT2D eigenvalue weighted by Crippen LogP contribution is 2.21. The molecule has 1 aromatic heterocycles. The van der Waals surface area contributed by atoms with Gasteiger partial charge in [0.05, 0.1) is 0 Å². The van der Waals surface area contributed by atoms with Crippen molar-refractivity contribution in [2.24, 2.45) is 0 Å². The third kappa shape index (κ3) is 1.21. The molecule has 0 amide bonds. The topological polar surface area (TPSA) is 23.1 Å². The minimum Gasteiger partial charge on any atom is -0.871 e. The van der Waals surface area contributed by atoms with Crippen molar-refractivity contribution >= 4 is 17.1 Å². The van der Waals surface area contributed by atoms with Crippen LogP contribution in [0.5, 0.6) is 0 Å². The lowest BCUT2D eigenvalue weighted by atomic mass is 10.2. The van der Waals surface area contributed by atoms with Crippen molar-refractivity contribution in [1.29, 1.82) is 0 Å². The molecule has 1 aliphatic rings. The average molecular weight is 175 g/mol. The number of hydrogen-bond donors (Lipinski definition) is 0. The molecule has 0 bridgehead atoms. The summed E-state index contributed by atoms with van der Waals surface area (Å²) in [5.41, 5.74) is 0.775. The normalized spacial score (nSPS) is 14.2. The summed E-state index contributed by atoms with van der Waals surface area (Å²) in [7, 11) is 0. The molecule has 0 saturated carbocycles. The lowest BCUT2D eigenvalue weighted by molar-refractivity contribution is -0.244. The van der Waals surface area contributed by atoms with Gasteiger partial charge < -0.3 is 5.11 Å². The summed E-state index contributed by atoms with van der Waals surface area (Å²) in [6.45, 7) is 0. The van der Waals surface area contributed by atoms with E-state index in [-0.39, 0.29) is 5.76 Å². The van der Waals surface area contributed by atoms with Crippen LogP contribution >= 0.6 is 11.3 Å². The van der Waals surface area contributed by atoms with Gasteiger partial charge in [0, 0.05) is 4.88 Å². The first-order chi connectivity index (χ1) is 5.88. The van der Waals surface area contributed by atoms with E-state index in [9.17, 15) is 5.11 Å². The second-order valence-corrected chi connectivity index (χ2v) is 3.43. The lowest BCUT2D eigenvalue weighted by Crippen LogP contribution is -2.02. The highest BCUT2D eigenvalue weighted by Gasteiger charge is 1.97. The molecule has 0 N–H and O–H groups in total. The Morgan fingerprint density at radius 3 is 2.58 bits per heavy atom. The Balaban J connectivity index is 2.42. The molecule has 1 nitrogen and oxygen atoms in total. The molecular weight excluding hydrogens is 168 g/mol. The van der Waals surface area contributed by atoms with Crippen LogP contribution in [0.15, 0.2) is 47.4 Å². The van der Waals surface area contributed by atoms with Crippen LogP contribution < -0.4 is 5.11 Å². The molecule has 2 heteroatoms. The fourth-order valence-electron chi connectivity index (χ4n) is 1.08. The van der Waals surface area contributed by atoms with Gasteiger partial charge in [0.15, 0.2) is 0 Å². The van der Waals surface area contributed by atoms with Gasteiger partial charge in [-0.05, 0) is 17.0 Å². The largest absolute Gasteiger partial charge is 0.871 e. The average Bonchev–Trinajstić information content (AvgIpc) is 2.77. The van der Waals surface area contributed by atoms with Crippen molar-refractivity contribution in [2.45, 2.75) is 0 Å². The number of hydrogen-bond acceptors (Lipinski definition) is 2. The number of rotatable bonds is 1. The van der Waals surface area contributed by atoms with Gasteiger partial charge in [-0.15, -0.1) is 11.3 Å². The van der Waals surface area contributed by atoms with Crippen LogP contribution in [0.25, 0.3) is 5.76 Å². The van der Waals surface area contributed by atoms with Crippen LogP contribution in [0, 0.1) is 0 Å². The van der Waals surface area contributed by atoms with E-state index in [0.717, 1.165) is 10.5 Å². The zero-order chi connectivity index (χ0) is 8.39. The number of thiophene rings is 1. The molecule has 1 heterocycles. The molecule has 0 spiro atoms. The summed E-state index contributed by atoms with van der Waals surface area (Å²) < 4.78 is 0. The summed E-state index contributed by atoms with van der Waals surface area (Å²) in [5, 5.41) is 13.5. The molecule has 1 aromatic rings. The van der Waals surface area contributed by atoms with Crippen molar-refractivity contribution in [1.82, 2.24) is 0 Å². The van der Waals surface area contributed by atoms with Gasteiger partial charge in [0.25, 0.3) is 0 Å². The number of allylic oxidation sites excluding steroid dienone is 5. The first-order valence-electron chi connectivity index (χ1n) is 3.68. The van der Waals surface area contributed by atoms with E-state index < -0.39 is 0 Å².